The summed E-state index contributed by atoms with van der Waals surface area (Å²) in [5.74, 6) is 1.49. The van der Waals surface area contributed by atoms with E-state index >= 15 is 0 Å². The highest BCUT2D eigenvalue weighted by Crippen LogP contribution is 2.31. The first kappa shape index (κ1) is 21.3. The molecule has 3 N–H and O–H groups in total. The average molecular weight is 468 g/mol. The zero-order valence-corrected chi connectivity index (χ0v) is 17.4. The van der Waals surface area contributed by atoms with Crippen molar-refractivity contribution < 1.29 is 9.84 Å². The van der Waals surface area contributed by atoms with Gasteiger partial charge in [-0.1, -0.05) is 17.7 Å². The lowest BCUT2D eigenvalue weighted by atomic mass is 9.80. The van der Waals surface area contributed by atoms with E-state index in [1.165, 1.54) is 0 Å². The van der Waals surface area contributed by atoms with Crippen LogP contribution in [-0.2, 0) is 6.42 Å². The molecule has 0 saturated heterocycles. The van der Waals surface area contributed by atoms with Crippen molar-refractivity contribution in [1.29, 1.82) is 0 Å². The van der Waals surface area contributed by atoms with Crippen LogP contribution in [0.5, 0.6) is 5.75 Å². The van der Waals surface area contributed by atoms with Gasteiger partial charge in [0.25, 0.3) is 0 Å². The van der Waals surface area contributed by atoms with Gasteiger partial charge in [0, 0.05) is 18.1 Å². The van der Waals surface area contributed by atoms with Crippen molar-refractivity contribution in [2.24, 2.45) is 4.99 Å². The third-order valence-corrected chi connectivity index (χ3v) is 4.46. The fourth-order valence-electron chi connectivity index (χ4n) is 2.48. The van der Waals surface area contributed by atoms with Gasteiger partial charge in [-0.05, 0) is 50.3 Å². The molecule has 1 aromatic carbocycles. The summed E-state index contributed by atoms with van der Waals surface area (Å²) in [5, 5.41) is 17.3. The van der Waals surface area contributed by atoms with E-state index in [4.69, 9.17) is 16.3 Å². The molecule has 0 aromatic heterocycles. The lowest BCUT2D eigenvalue weighted by molar-refractivity contribution is -0.0236. The summed E-state index contributed by atoms with van der Waals surface area (Å²) in [4.78, 5) is 4.48. The van der Waals surface area contributed by atoms with Gasteiger partial charge in [0.2, 0.25) is 0 Å². The number of nitrogens with one attached hydrogen (secondary N) is 2. The molecule has 7 heteroatoms. The number of ether oxygens (including phenoxy) is 1. The van der Waals surface area contributed by atoms with E-state index in [1.54, 1.807) is 7.11 Å². The first-order valence-electron chi connectivity index (χ1n) is 8.13. The van der Waals surface area contributed by atoms with Gasteiger partial charge in [-0.2, -0.15) is 0 Å². The molecule has 1 aliphatic rings. The third-order valence-electron chi connectivity index (χ3n) is 4.11. The van der Waals surface area contributed by atoms with Crippen LogP contribution in [0.4, 0.5) is 0 Å². The van der Waals surface area contributed by atoms with Crippen molar-refractivity contribution in [3.63, 3.8) is 0 Å². The number of methoxy groups -OCH3 is 1. The Balaban J connectivity index is 0.00000288. The smallest absolute Gasteiger partial charge is 0.191 e. The molecular formula is C17H27ClIN3O2. The van der Waals surface area contributed by atoms with Gasteiger partial charge in [-0.3, -0.25) is 4.99 Å². The summed E-state index contributed by atoms with van der Waals surface area (Å²) in [5.41, 5.74) is 0.468. The Labute approximate surface area is 166 Å². The van der Waals surface area contributed by atoms with Crippen molar-refractivity contribution in [3.05, 3.63) is 28.8 Å². The van der Waals surface area contributed by atoms with E-state index in [2.05, 4.69) is 15.6 Å². The van der Waals surface area contributed by atoms with Crippen molar-refractivity contribution >= 4 is 41.5 Å². The Bertz CT molecular complexity index is 551. The van der Waals surface area contributed by atoms with Gasteiger partial charge in [0.05, 0.1) is 19.3 Å². The number of hydrogen-bond donors (Lipinski definition) is 3. The molecule has 0 radical (unpaired) electrons. The molecule has 0 bridgehead atoms. The zero-order valence-electron chi connectivity index (χ0n) is 14.3. The summed E-state index contributed by atoms with van der Waals surface area (Å²) in [7, 11) is 1.63. The van der Waals surface area contributed by atoms with Crippen molar-refractivity contribution in [1.82, 2.24) is 10.6 Å². The van der Waals surface area contributed by atoms with E-state index in [1.807, 2.05) is 25.1 Å². The average Bonchev–Trinajstić information content (AvgIpc) is 2.52. The molecule has 0 aliphatic heterocycles. The quantitative estimate of drug-likeness (QED) is 0.328. The van der Waals surface area contributed by atoms with Crippen LogP contribution < -0.4 is 15.4 Å². The highest BCUT2D eigenvalue weighted by atomic mass is 127. The molecule has 1 aromatic rings. The predicted molar refractivity (Wildman–Crippen MR) is 110 cm³/mol. The van der Waals surface area contributed by atoms with Crippen LogP contribution in [0.15, 0.2) is 23.2 Å². The van der Waals surface area contributed by atoms with Crippen LogP contribution >= 0.6 is 35.6 Å². The summed E-state index contributed by atoms with van der Waals surface area (Å²) in [6, 6.07) is 5.71. The Morgan fingerprint density at radius 2 is 2.12 bits per heavy atom. The van der Waals surface area contributed by atoms with Crippen LogP contribution in [0.3, 0.4) is 0 Å². The van der Waals surface area contributed by atoms with Crippen LogP contribution in [0.25, 0.3) is 0 Å². The molecule has 0 amide bonds. The summed E-state index contributed by atoms with van der Waals surface area (Å²) in [6.07, 6.45) is 3.57. The molecule has 24 heavy (non-hydrogen) atoms. The van der Waals surface area contributed by atoms with Crippen LogP contribution in [0.1, 0.15) is 31.7 Å². The molecule has 5 nitrogen and oxygen atoms in total. The maximum Gasteiger partial charge on any atom is 0.191 e. The van der Waals surface area contributed by atoms with Crippen LogP contribution in [-0.4, -0.2) is 43.4 Å². The van der Waals surface area contributed by atoms with E-state index in [0.717, 1.165) is 56.0 Å². The van der Waals surface area contributed by atoms with Crippen molar-refractivity contribution in [2.75, 3.05) is 26.7 Å². The van der Waals surface area contributed by atoms with Crippen LogP contribution in [0.2, 0.25) is 5.02 Å². The van der Waals surface area contributed by atoms with Gasteiger partial charge in [0.1, 0.15) is 5.75 Å². The lowest BCUT2D eigenvalue weighted by Gasteiger charge is -2.35. The first-order chi connectivity index (χ1) is 11.1. The van der Waals surface area contributed by atoms with Crippen molar-refractivity contribution in [3.8, 4) is 5.75 Å². The topological polar surface area (TPSA) is 65.9 Å². The number of nitrogens with zero attached hydrogens (tertiary/aromatic N) is 1. The Morgan fingerprint density at radius 3 is 2.67 bits per heavy atom. The standard InChI is InChI=1S/C17H26ClN3O2.HI/c1-3-19-16(21-12-17(22)8-4-9-17)20-10-7-13-5-6-14(23-2)11-15(13)18;/h5-6,11,22H,3-4,7-10,12H2,1-2H3,(H2,19,20,21);1H. The highest BCUT2D eigenvalue weighted by molar-refractivity contribution is 14.0. The van der Waals surface area contributed by atoms with E-state index in [0.29, 0.717) is 11.6 Å². The summed E-state index contributed by atoms with van der Waals surface area (Å²) >= 11 is 6.25. The van der Waals surface area contributed by atoms with Gasteiger partial charge in [0.15, 0.2) is 5.96 Å². The fourth-order valence-corrected chi connectivity index (χ4v) is 2.75. The summed E-state index contributed by atoms with van der Waals surface area (Å²) in [6.45, 7) is 3.98. The maximum absolute atomic E-state index is 10.1. The minimum Gasteiger partial charge on any atom is -0.497 e. The second-order valence-electron chi connectivity index (χ2n) is 5.91. The number of halogens is 2. The first-order valence-corrected chi connectivity index (χ1v) is 8.51. The second-order valence-corrected chi connectivity index (χ2v) is 6.31. The maximum atomic E-state index is 10.1. The van der Waals surface area contributed by atoms with E-state index < -0.39 is 5.60 Å². The predicted octanol–water partition coefficient (Wildman–Crippen LogP) is 2.98. The molecule has 0 spiro atoms. The number of hydrogen-bond acceptors (Lipinski definition) is 3. The molecule has 1 fully saturated rings. The molecule has 0 heterocycles. The summed E-state index contributed by atoms with van der Waals surface area (Å²) < 4.78 is 5.15. The molecule has 2 rings (SSSR count). The fraction of sp³-hybridized carbons (Fsp3) is 0.588. The monoisotopic (exact) mass is 467 g/mol. The Morgan fingerprint density at radius 1 is 1.38 bits per heavy atom. The number of guanidine groups is 1. The Hall–Kier alpha value is -0.730. The SMILES string of the molecule is CCNC(=NCC1(O)CCC1)NCCc1ccc(OC)cc1Cl.I. The van der Waals surface area contributed by atoms with Crippen molar-refractivity contribution in [2.45, 2.75) is 38.2 Å². The largest absolute Gasteiger partial charge is 0.497 e. The number of benzene rings is 1. The van der Waals surface area contributed by atoms with Gasteiger partial charge in [-0.15, -0.1) is 24.0 Å². The second kappa shape index (κ2) is 10.3. The molecule has 0 atom stereocenters. The van der Waals surface area contributed by atoms with E-state index in [-0.39, 0.29) is 24.0 Å². The molecular weight excluding hydrogens is 441 g/mol. The Kier molecular flexibility index (Phi) is 9.15. The van der Waals surface area contributed by atoms with Gasteiger partial charge < -0.3 is 20.5 Å². The van der Waals surface area contributed by atoms with Gasteiger partial charge in [-0.25, -0.2) is 0 Å². The molecule has 1 aliphatic carbocycles. The molecule has 0 unspecified atom stereocenters. The number of aliphatic hydroxyl groups is 1. The number of rotatable bonds is 7. The zero-order chi connectivity index (χ0) is 16.7. The van der Waals surface area contributed by atoms with E-state index in [9.17, 15) is 5.11 Å². The highest BCUT2D eigenvalue weighted by Gasteiger charge is 2.34. The molecule has 1 saturated carbocycles. The lowest BCUT2D eigenvalue weighted by Crippen LogP contribution is -2.43. The minimum atomic E-state index is -0.596. The van der Waals surface area contributed by atoms with Gasteiger partial charge >= 0.3 is 0 Å². The third kappa shape index (κ3) is 6.29. The van der Waals surface area contributed by atoms with Crippen LogP contribution in [0, 0.1) is 0 Å². The molecule has 136 valence electrons. The minimum absolute atomic E-state index is 0. The normalized spacial score (nSPS) is 15.9. The number of aliphatic imine (C=N–C) groups is 1.